The monoisotopic (exact) mass is 306 g/mol. The molecule has 5 nitrogen and oxygen atoms in total. The molecule has 7 heteroatoms. The molecule has 0 bridgehead atoms. The first-order valence-electron chi connectivity index (χ1n) is 5.85. The highest BCUT2D eigenvalue weighted by molar-refractivity contribution is 7.92. The molecule has 0 aliphatic heterocycles. The van der Waals surface area contributed by atoms with E-state index in [4.69, 9.17) is 5.11 Å². The molecule has 0 spiro atoms. The summed E-state index contributed by atoms with van der Waals surface area (Å²) in [6.45, 7) is -0.452. The van der Waals surface area contributed by atoms with Gasteiger partial charge in [-0.3, -0.25) is 9.71 Å². The van der Waals surface area contributed by atoms with Crippen LogP contribution in [0.15, 0.2) is 47.6 Å². The molecule has 0 radical (unpaired) electrons. The van der Waals surface area contributed by atoms with Gasteiger partial charge in [-0.1, -0.05) is 11.8 Å². The van der Waals surface area contributed by atoms with Crippen LogP contribution in [0.3, 0.4) is 0 Å². The Balaban J connectivity index is 2.45. The number of aliphatic hydroxyl groups excluding tert-OH is 1. The van der Waals surface area contributed by atoms with Gasteiger partial charge in [-0.2, -0.15) is 0 Å². The number of nitrogens with zero attached hydrogens (tertiary/aromatic N) is 1. The third-order valence-corrected chi connectivity index (χ3v) is 3.89. The molecule has 0 aliphatic carbocycles. The molecule has 0 amide bonds. The molecule has 2 N–H and O–H groups in total. The molecule has 2 rings (SSSR count). The average molecular weight is 306 g/mol. The molecule has 0 atom stereocenters. The van der Waals surface area contributed by atoms with E-state index in [0.29, 0.717) is 0 Å². The fourth-order valence-electron chi connectivity index (χ4n) is 1.60. The van der Waals surface area contributed by atoms with Gasteiger partial charge >= 0.3 is 0 Å². The van der Waals surface area contributed by atoms with Crippen molar-refractivity contribution in [3.63, 3.8) is 0 Å². The SMILES string of the molecule is O=S(=O)(Nc1cccnc1)c1ccc(F)cc1C#CCO. The average Bonchev–Trinajstić information content (AvgIpc) is 2.45. The number of hydrogen-bond acceptors (Lipinski definition) is 4. The number of anilines is 1. The number of nitrogens with one attached hydrogen (secondary N) is 1. The van der Waals surface area contributed by atoms with Gasteiger partial charge in [-0.05, 0) is 30.3 Å². The maximum Gasteiger partial charge on any atom is 0.263 e. The van der Waals surface area contributed by atoms with Crippen LogP contribution >= 0.6 is 0 Å². The number of pyridine rings is 1. The maximum atomic E-state index is 13.2. The van der Waals surface area contributed by atoms with E-state index in [1.54, 1.807) is 6.07 Å². The van der Waals surface area contributed by atoms with Crippen LogP contribution in [0.2, 0.25) is 0 Å². The summed E-state index contributed by atoms with van der Waals surface area (Å²) in [5.74, 6) is 4.11. The number of rotatable bonds is 3. The van der Waals surface area contributed by atoms with Crippen molar-refractivity contribution in [1.29, 1.82) is 0 Å². The van der Waals surface area contributed by atoms with Gasteiger partial charge in [-0.25, -0.2) is 12.8 Å². The molecule has 0 saturated carbocycles. The van der Waals surface area contributed by atoms with Crippen molar-refractivity contribution in [2.45, 2.75) is 4.90 Å². The third kappa shape index (κ3) is 3.78. The normalized spacial score (nSPS) is 10.6. The Bertz CT molecular complexity index is 796. The molecule has 1 aromatic heterocycles. The summed E-state index contributed by atoms with van der Waals surface area (Å²) in [7, 11) is -3.93. The van der Waals surface area contributed by atoms with E-state index in [2.05, 4.69) is 21.5 Å². The number of aliphatic hydroxyl groups is 1. The van der Waals surface area contributed by atoms with Crippen molar-refractivity contribution < 1.29 is 17.9 Å². The van der Waals surface area contributed by atoms with E-state index in [1.807, 2.05) is 0 Å². The molecule has 0 unspecified atom stereocenters. The summed E-state index contributed by atoms with van der Waals surface area (Å²) >= 11 is 0. The van der Waals surface area contributed by atoms with Gasteiger partial charge in [0, 0.05) is 11.8 Å². The van der Waals surface area contributed by atoms with Gasteiger partial charge < -0.3 is 5.11 Å². The quantitative estimate of drug-likeness (QED) is 0.839. The molecule has 1 aromatic carbocycles. The Hall–Kier alpha value is -2.43. The Morgan fingerprint density at radius 2 is 2.14 bits per heavy atom. The molecule has 1 heterocycles. The van der Waals surface area contributed by atoms with Crippen LogP contribution in [-0.4, -0.2) is 25.1 Å². The molecule has 0 fully saturated rings. The number of halogens is 1. The Labute approximate surface area is 121 Å². The Morgan fingerprint density at radius 1 is 1.33 bits per heavy atom. The van der Waals surface area contributed by atoms with Crippen LogP contribution in [-0.2, 0) is 10.0 Å². The fraction of sp³-hybridized carbons (Fsp3) is 0.0714. The molecule has 2 aromatic rings. The number of sulfonamides is 1. The zero-order valence-electron chi connectivity index (χ0n) is 10.7. The van der Waals surface area contributed by atoms with Crippen molar-refractivity contribution in [2.24, 2.45) is 0 Å². The minimum Gasteiger partial charge on any atom is -0.384 e. The van der Waals surface area contributed by atoms with Crippen molar-refractivity contribution in [3.05, 3.63) is 54.1 Å². The van der Waals surface area contributed by atoms with Gasteiger partial charge in [0.15, 0.2) is 0 Å². The number of aromatic nitrogens is 1. The van der Waals surface area contributed by atoms with Crippen molar-refractivity contribution in [2.75, 3.05) is 11.3 Å². The number of benzene rings is 1. The predicted molar refractivity (Wildman–Crippen MR) is 75.4 cm³/mol. The second-order valence-electron chi connectivity index (χ2n) is 3.95. The first-order valence-corrected chi connectivity index (χ1v) is 7.33. The smallest absolute Gasteiger partial charge is 0.263 e. The van der Waals surface area contributed by atoms with Crippen LogP contribution in [0.25, 0.3) is 0 Å². The Morgan fingerprint density at radius 3 is 2.81 bits per heavy atom. The van der Waals surface area contributed by atoms with Gasteiger partial charge in [-0.15, -0.1) is 0 Å². The predicted octanol–water partition coefficient (Wildman–Crippen LogP) is 1.37. The van der Waals surface area contributed by atoms with E-state index in [-0.39, 0.29) is 16.1 Å². The van der Waals surface area contributed by atoms with E-state index < -0.39 is 22.4 Å². The topological polar surface area (TPSA) is 79.3 Å². The molecule has 21 heavy (non-hydrogen) atoms. The lowest BCUT2D eigenvalue weighted by Crippen LogP contribution is -2.14. The molecular weight excluding hydrogens is 295 g/mol. The van der Waals surface area contributed by atoms with Crippen LogP contribution < -0.4 is 4.72 Å². The maximum absolute atomic E-state index is 13.2. The van der Waals surface area contributed by atoms with Gasteiger partial charge in [0.1, 0.15) is 17.3 Å². The van der Waals surface area contributed by atoms with E-state index in [9.17, 15) is 12.8 Å². The molecule has 108 valence electrons. The summed E-state index contributed by atoms with van der Waals surface area (Å²) in [6.07, 6.45) is 2.86. The van der Waals surface area contributed by atoms with E-state index in [0.717, 1.165) is 18.2 Å². The highest BCUT2D eigenvalue weighted by atomic mass is 32.2. The van der Waals surface area contributed by atoms with Gasteiger partial charge in [0.05, 0.1) is 11.9 Å². The summed E-state index contributed by atoms with van der Waals surface area (Å²) < 4.78 is 40.2. The molecular formula is C14H11FN2O3S. The van der Waals surface area contributed by atoms with Crippen LogP contribution in [0, 0.1) is 17.7 Å². The zero-order chi connectivity index (χ0) is 15.3. The first-order chi connectivity index (χ1) is 10.0. The van der Waals surface area contributed by atoms with Gasteiger partial charge in [0.2, 0.25) is 0 Å². The Kier molecular flexibility index (Phi) is 4.52. The van der Waals surface area contributed by atoms with E-state index in [1.165, 1.54) is 18.5 Å². The minimum absolute atomic E-state index is 0.0274. The number of hydrogen-bond donors (Lipinski definition) is 2. The summed E-state index contributed by atoms with van der Waals surface area (Å²) in [4.78, 5) is 3.63. The largest absolute Gasteiger partial charge is 0.384 e. The van der Waals surface area contributed by atoms with Crippen LogP contribution in [0.5, 0.6) is 0 Å². The van der Waals surface area contributed by atoms with Crippen molar-refractivity contribution in [1.82, 2.24) is 4.98 Å². The van der Waals surface area contributed by atoms with E-state index >= 15 is 0 Å². The van der Waals surface area contributed by atoms with Crippen LogP contribution in [0.1, 0.15) is 5.56 Å². The lowest BCUT2D eigenvalue weighted by molar-refractivity contribution is 0.350. The summed E-state index contributed by atoms with van der Waals surface area (Å²) in [5, 5.41) is 8.69. The molecule has 0 saturated heterocycles. The first kappa shape index (κ1) is 15.0. The second kappa shape index (κ2) is 6.35. The summed E-state index contributed by atoms with van der Waals surface area (Å²) in [6, 6.07) is 6.26. The van der Waals surface area contributed by atoms with Crippen LogP contribution in [0.4, 0.5) is 10.1 Å². The molecule has 0 aliphatic rings. The van der Waals surface area contributed by atoms with Crippen molar-refractivity contribution in [3.8, 4) is 11.8 Å². The fourth-order valence-corrected chi connectivity index (χ4v) is 2.79. The highest BCUT2D eigenvalue weighted by Crippen LogP contribution is 2.19. The zero-order valence-corrected chi connectivity index (χ0v) is 11.6. The van der Waals surface area contributed by atoms with Crippen molar-refractivity contribution >= 4 is 15.7 Å². The van der Waals surface area contributed by atoms with Gasteiger partial charge in [0.25, 0.3) is 10.0 Å². The lowest BCUT2D eigenvalue weighted by atomic mass is 10.2. The minimum atomic E-state index is -3.93. The standard InChI is InChI=1S/C14H11FN2O3S/c15-12-5-6-14(11(9-12)3-2-8-18)21(19,20)17-13-4-1-7-16-10-13/h1,4-7,9-10,17-18H,8H2. The summed E-state index contributed by atoms with van der Waals surface area (Å²) in [5.41, 5.74) is 0.253. The second-order valence-corrected chi connectivity index (χ2v) is 5.60. The third-order valence-electron chi connectivity index (χ3n) is 2.45. The highest BCUT2D eigenvalue weighted by Gasteiger charge is 2.18. The lowest BCUT2D eigenvalue weighted by Gasteiger charge is -2.09.